The van der Waals surface area contributed by atoms with E-state index in [1.165, 1.54) is 0 Å². The summed E-state index contributed by atoms with van der Waals surface area (Å²) in [5, 5.41) is 11.6. The fourth-order valence-electron chi connectivity index (χ4n) is 1.52. The molecular weight excluding hydrogens is 220 g/mol. The van der Waals surface area contributed by atoms with Gasteiger partial charge >= 0.3 is 5.97 Å². The zero-order valence-corrected chi connectivity index (χ0v) is 11.3. The van der Waals surface area contributed by atoms with Crippen LogP contribution in [0.3, 0.4) is 0 Å². The van der Waals surface area contributed by atoms with E-state index in [0.717, 1.165) is 19.4 Å². The molecule has 0 aromatic rings. The monoisotopic (exact) mass is 245 g/mol. The number of carbonyl (C=O) groups is 2. The minimum Gasteiger partial charge on any atom is -0.477 e. The second-order valence-electron chi connectivity index (χ2n) is 5.17. The molecule has 0 aromatic carbocycles. The molecule has 0 aliphatic rings. The van der Waals surface area contributed by atoms with Crippen LogP contribution in [0.25, 0.3) is 0 Å². The third kappa shape index (κ3) is 7.74. The van der Waals surface area contributed by atoms with Crippen molar-refractivity contribution in [2.75, 3.05) is 33.7 Å². The SMILES string of the molecule is CCC(C)C(=O)NCCC[N+](C)(C)CC(=O)O. The smallest absolute Gasteiger partial charge is 0.359 e. The van der Waals surface area contributed by atoms with Crippen LogP contribution in [0.5, 0.6) is 0 Å². The molecule has 0 aliphatic heterocycles. The van der Waals surface area contributed by atoms with Crippen LogP contribution in [-0.4, -0.2) is 55.2 Å². The summed E-state index contributed by atoms with van der Waals surface area (Å²) < 4.78 is 0.439. The van der Waals surface area contributed by atoms with E-state index >= 15 is 0 Å². The average molecular weight is 245 g/mol. The largest absolute Gasteiger partial charge is 0.477 e. The quantitative estimate of drug-likeness (QED) is 0.488. The fourth-order valence-corrected chi connectivity index (χ4v) is 1.52. The van der Waals surface area contributed by atoms with Crippen LogP contribution in [-0.2, 0) is 9.59 Å². The first-order valence-electron chi connectivity index (χ1n) is 6.10. The number of quaternary nitrogens is 1. The zero-order chi connectivity index (χ0) is 13.5. The molecule has 0 saturated heterocycles. The number of rotatable bonds is 8. The molecule has 0 bridgehead atoms. The van der Waals surface area contributed by atoms with Gasteiger partial charge in [0.15, 0.2) is 6.54 Å². The van der Waals surface area contributed by atoms with Crippen molar-refractivity contribution in [3.8, 4) is 0 Å². The summed E-state index contributed by atoms with van der Waals surface area (Å²) >= 11 is 0. The lowest BCUT2D eigenvalue weighted by Gasteiger charge is -2.27. The van der Waals surface area contributed by atoms with Crippen molar-refractivity contribution in [1.29, 1.82) is 0 Å². The molecule has 1 unspecified atom stereocenters. The molecule has 2 N–H and O–H groups in total. The highest BCUT2D eigenvalue weighted by molar-refractivity contribution is 5.78. The summed E-state index contributed by atoms with van der Waals surface area (Å²) in [6.45, 7) is 5.35. The Labute approximate surface area is 103 Å². The lowest BCUT2D eigenvalue weighted by molar-refractivity contribution is -0.883. The Morgan fingerprint density at radius 1 is 1.35 bits per heavy atom. The molecule has 0 heterocycles. The molecule has 0 saturated carbocycles. The van der Waals surface area contributed by atoms with Crippen LogP contribution in [0.15, 0.2) is 0 Å². The van der Waals surface area contributed by atoms with E-state index in [4.69, 9.17) is 5.11 Å². The molecular formula is C12H25N2O3+. The molecule has 0 aromatic heterocycles. The standard InChI is InChI=1S/C12H24N2O3/c1-5-10(2)12(17)13-7-6-8-14(3,4)9-11(15)16/h10H,5-9H2,1-4H3,(H-,13,15,16,17)/p+1. The van der Waals surface area contributed by atoms with Gasteiger partial charge in [0, 0.05) is 18.9 Å². The van der Waals surface area contributed by atoms with E-state index in [1.54, 1.807) is 0 Å². The normalized spacial score (nSPS) is 13.2. The zero-order valence-electron chi connectivity index (χ0n) is 11.3. The first-order valence-corrected chi connectivity index (χ1v) is 6.10. The molecule has 0 spiro atoms. The van der Waals surface area contributed by atoms with E-state index in [1.807, 2.05) is 27.9 Å². The van der Waals surface area contributed by atoms with Crippen molar-refractivity contribution in [2.24, 2.45) is 5.92 Å². The van der Waals surface area contributed by atoms with Crippen LogP contribution < -0.4 is 5.32 Å². The Hall–Kier alpha value is -1.10. The molecule has 0 aliphatic carbocycles. The first-order chi connectivity index (χ1) is 7.78. The highest BCUT2D eigenvalue weighted by Gasteiger charge is 2.19. The minimum absolute atomic E-state index is 0.0523. The summed E-state index contributed by atoms with van der Waals surface area (Å²) in [6, 6.07) is 0. The number of nitrogens with zero attached hydrogens (tertiary/aromatic N) is 1. The van der Waals surface area contributed by atoms with Gasteiger partial charge in [0.05, 0.1) is 20.6 Å². The van der Waals surface area contributed by atoms with E-state index in [-0.39, 0.29) is 18.4 Å². The molecule has 1 atom stereocenters. The number of carbonyl (C=O) groups excluding carboxylic acids is 1. The second-order valence-corrected chi connectivity index (χ2v) is 5.17. The highest BCUT2D eigenvalue weighted by atomic mass is 16.4. The van der Waals surface area contributed by atoms with Crippen molar-refractivity contribution >= 4 is 11.9 Å². The Balaban J connectivity index is 3.77. The van der Waals surface area contributed by atoms with Crippen molar-refractivity contribution in [1.82, 2.24) is 5.32 Å². The minimum atomic E-state index is -0.793. The lowest BCUT2D eigenvalue weighted by Crippen LogP contribution is -2.45. The Kier molecular flexibility index (Phi) is 6.80. The number of hydrogen-bond donors (Lipinski definition) is 2. The van der Waals surface area contributed by atoms with Crippen molar-refractivity contribution in [2.45, 2.75) is 26.7 Å². The van der Waals surface area contributed by atoms with Gasteiger partial charge in [-0.25, -0.2) is 4.79 Å². The highest BCUT2D eigenvalue weighted by Crippen LogP contribution is 2.01. The van der Waals surface area contributed by atoms with Crippen LogP contribution in [0.1, 0.15) is 26.7 Å². The predicted molar refractivity (Wildman–Crippen MR) is 66.6 cm³/mol. The maximum absolute atomic E-state index is 11.5. The number of carboxylic acid groups (broad SMARTS) is 1. The topological polar surface area (TPSA) is 66.4 Å². The Bertz CT molecular complexity index is 264. The molecule has 0 fully saturated rings. The number of amides is 1. The summed E-state index contributed by atoms with van der Waals surface area (Å²) in [7, 11) is 3.76. The first kappa shape index (κ1) is 15.9. The maximum atomic E-state index is 11.5. The van der Waals surface area contributed by atoms with E-state index in [2.05, 4.69) is 5.32 Å². The second kappa shape index (κ2) is 7.27. The van der Waals surface area contributed by atoms with Crippen LogP contribution in [0, 0.1) is 5.92 Å². The van der Waals surface area contributed by atoms with Gasteiger partial charge in [-0.15, -0.1) is 0 Å². The number of likely N-dealkylation sites (N-methyl/N-ethyl adjacent to an activating group) is 1. The lowest BCUT2D eigenvalue weighted by atomic mass is 10.1. The Morgan fingerprint density at radius 2 is 1.94 bits per heavy atom. The third-order valence-corrected chi connectivity index (χ3v) is 2.86. The van der Waals surface area contributed by atoms with Gasteiger partial charge in [0.25, 0.3) is 0 Å². The van der Waals surface area contributed by atoms with Crippen molar-refractivity contribution < 1.29 is 19.2 Å². The fraction of sp³-hybridized carbons (Fsp3) is 0.833. The van der Waals surface area contributed by atoms with Gasteiger partial charge < -0.3 is 14.9 Å². The summed E-state index contributed by atoms with van der Waals surface area (Å²) in [5.41, 5.74) is 0. The molecule has 100 valence electrons. The molecule has 1 amide bonds. The van der Waals surface area contributed by atoms with Gasteiger partial charge in [-0.2, -0.15) is 0 Å². The van der Waals surface area contributed by atoms with Crippen LogP contribution in [0.4, 0.5) is 0 Å². The van der Waals surface area contributed by atoms with E-state index < -0.39 is 5.97 Å². The summed E-state index contributed by atoms with van der Waals surface area (Å²) in [6.07, 6.45) is 1.63. The van der Waals surface area contributed by atoms with Gasteiger partial charge in [0.1, 0.15) is 0 Å². The number of carboxylic acids is 1. The molecule has 17 heavy (non-hydrogen) atoms. The van der Waals surface area contributed by atoms with Crippen LogP contribution >= 0.6 is 0 Å². The van der Waals surface area contributed by atoms with E-state index in [0.29, 0.717) is 11.0 Å². The predicted octanol–water partition coefficient (Wildman–Crippen LogP) is 0.700. The van der Waals surface area contributed by atoms with Gasteiger partial charge in [0.2, 0.25) is 5.91 Å². The number of nitrogens with one attached hydrogen (secondary N) is 1. The van der Waals surface area contributed by atoms with Gasteiger partial charge in [-0.05, 0) is 6.42 Å². The molecule has 0 rings (SSSR count). The summed E-state index contributed by atoms with van der Waals surface area (Å²) in [5.74, 6) is -0.661. The van der Waals surface area contributed by atoms with Crippen LogP contribution in [0.2, 0.25) is 0 Å². The molecule has 5 heteroatoms. The number of hydrogen-bond acceptors (Lipinski definition) is 2. The van der Waals surface area contributed by atoms with Gasteiger partial charge in [-0.3, -0.25) is 4.79 Å². The third-order valence-electron chi connectivity index (χ3n) is 2.86. The summed E-state index contributed by atoms with van der Waals surface area (Å²) in [4.78, 5) is 22.1. The van der Waals surface area contributed by atoms with Gasteiger partial charge in [-0.1, -0.05) is 13.8 Å². The average Bonchev–Trinajstić information content (AvgIpc) is 2.21. The van der Waals surface area contributed by atoms with E-state index in [9.17, 15) is 9.59 Å². The Morgan fingerprint density at radius 3 is 2.41 bits per heavy atom. The molecule has 0 radical (unpaired) electrons. The number of aliphatic carboxylic acids is 1. The van der Waals surface area contributed by atoms with Crippen molar-refractivity contribution in [3.05, 3.63) is 0 Å². The van der Waals surface area contributed by atoms with Crippen molar-refractivity contribution in [3.63, 3.8) is 0 Å². The molecule has 5 nitrogen and oxygen atoms in total. The maximum Gasteiger partial charge on any atom is 0.359 e.